The number of phenolic OH excluding ortho intramolecular Hbond substituents is 1. The van der Waals surface area contributed by atoms with Gasteiger partial charge in [0.2, 0.25) is 0 Å². The van der Waals surface area contributed by atoms with Gasteiger partial charge in [0.25, 0.3) is 0 Å². The third-order valence-electron chi connectivity index (χ3n) is 3.96. The Morgan fingerprint density at radius 3 is 2.24 bits per heavy atom. The molecule has 21 heavy (non-hydrogen) atoms. The Bertz CT molecular complexity index is 954. The molecule has 1 nitrogen and oxygen atoms in total. The summed E-state index contributed by atoms with van der Waals surface area (Å²) in [6, 6.07) is 26.6. The van der Waals surface area contributed by atoms with Crippen molar-refractivity contribution in [3.8, 4) is 16.9 Å². The molecule has 0 aliphatic carbocycles. The Morgan fingerprint density at radius 1 is 0.571 bits per heavy atom. The topological polar surface area (TPSA) is 20.2 Å². The first-order valence-corrected chi connectivity index (χ1v) is 7.03. The van der Waals surface area contributed by atoms with Crippen molar-refractivity contribution in [3.63, 3.8) is 0 Å². The van der Waals surface area contributed by atoms with Crippen molar-refractivity contribution in [2.75, 3.05) is 0 Å². The van der Waals surface area contributed by atoms with Crippen LogP contribution in [0.4, 0.5) is 0 Å². The molecule has 0 radical (unpaired) electrons. The molecule has 0 aromatic heterocycles. The number of aromatic hydroxyl groups is 1. The van der Waals surface area contributed by atoms with Gasteiger partial charge in [-0.15, -0.1) is 0 Å². The normalized spacial score (nSPS) is 11.0. The lowest BCUT2D eigenvalue weighted by Crippen LogP contribution is -1.82. The Morgan fingerprint density at radius 2 is 1.33 bits per heavy atom. The van der Waals surface area contributed by atoms with E-state index in [9.17, 15) is 5.11 Å². The van der Waals surface area contributed by atoms with Crippen molar-refractivity contribution in [2.24, 2.45) is 0 Å². The molecule has 0 saturated carbocycles. The summed E-state index contributed by atoms with van der Waals surface area (Å²) in [5.41, 5.74) is 2.32. The van der Waals surface area contributed by atoms with Crippen LogP contribution in [-0.4, -0.2) is 5.11 Å². The van der Waals surface area contributed by atoms with Crippen molar-refractivity contribution in [3.05, 3.63) is 78.9 Å². The minimum absolute atomic E-state index is 0.329. The Hall–Kier alpha value is -2.80. The second-order valence-electron chi connectivity index (χ2n) is 5.24. The third-order valence-corrected chi connectivity index (χ3v) is 3.96. The highest BCUT2D eigenvalue weighted by Crippen LogP contribution is 2.34. The summed E-state index contributed by atoms with van der Waals surface area (Å²) < 4.78 is 0. The zero-order chi connectivity index (χ0) is 14.2. The van der Waals surface area contributed by atoms with E-state index < -0.39 is 0 Å². The van der Waals surface area contributed by atoms with Crippen LogP contribution < -0.4 is 0 Å². The van der Waals surface area contributed by atoms with Gasteiger partial charge in [0.15, 0.2) is 0 Å². The van der Waals surface area contributed by atoms with Crippen molar-refractivity contribution in [2.45, 2.75) is 0 Å². The number of rotatable bonds is 1. The second kappa shape index (κ2) is 4.64. The van der Waals surface area contributed by atoms with Gasteiger partial charge in [0, 0.05) is 5.39 Å². The largest absolute Gasteiger partial charge is 0.507 e. The molecule has 4 aromatic carbocycles. The summed E-state index contributed by atoms with van der Waals surface area (Å²) in [6.45, 7) is 0. The first-order valence-electron chi connectivity index (χ1n) is 7.03. The van der Waals surface area contributed by atoms with E-state index in [1.807, 2.05) is 18.2 Å². The van der Waals surface area contributed by atoms with Crippen LogP contribution in [0.5, 0.6) is 5.75 Å². The minimum atomic E-state index is 0.329. The zero-order valence-electron chi connectivity index (χ0n) is 11.5. The van der Waals surface area contributed by atoms with Gasteiger partial charge < -0.3 is 5.11 Å². The number of benzene rings is 4. The molecule has 0 unspecified atom stereocenters. The van der Waals surface area contributed by atoms with Gasteiger partial charge in [-0.25, -0.2) is 0 Å². The lowest BCUT2D eigenvalue weighted by molar-refractivity contribution is 0.481. The van der Waals surface area contributed by atoms with E-state index in [1.165, 1.54) is 16.3 Å². The zero-order valence-corrected chi connectivity index (χ0v) is 11.5. The van der Waals surface area contributed by atoms with Crippen LogP contribution >= 0.6 is 0 Å². The van der Waals surface area contributed by atoms with Crippen LogP contribution in [0.15, 0.2) is 78.9 Å². The highest BCUT2D eigenvalue weighted by atomic mass is 16.3. The molecule has 0 fully saturated rings. The van der Waals surface area contributed by atoms with E-state index in [0.29, 0.717) is 5.75 Å². The fraction of sp³-hybridized carbons (Fsp3) is 0. The summed E-state index contributed by atoms with van der Waals surface area (Å²) in [6.07, 6.45) is 0. The maximum Gasteiger partial charge on any atom is 0.123 e. The van der Waals surface area contributed by atoms with Gasteiger partial charge in [-0.2, -0.15) is 0 Å². The van der Waals surface area contributed by atoms with Crippen LogP contribution in [0, 0.1) is 0 Å². The average Bonchev–Trinajstić information content (AvgIpc) is 2.54. The minimum Gasteiger partial charge on any atom is -0.507 e. The molecule has 0 spiro atoms. The highest BCUT2D eigenvalue weighted by Gasteiger charge is 2.06. The van der Waals surface area contributed by atoms with Gasteiger partial charge in [0.05, 0.1) is 0 Å². The van der Waals surface area contributed by atoms with Gasteiger partial charge in [-0.3, -0.25) is 0 Å². The molecule has 0 aliphatic heterocycles. The molecule has 0 aliphatic rings. The summed E-state index contributed by atoms with van der Waals surface area (Å²) in [5.74, 6) is 0.329. The average molecular weight is 270 g/mol. The Balaban J connectivity index is 2.02. The Kier molecular flexibility index (Phi) is 2.65. The van der Waals surface area contributed by atoms with Crippen LogP contribution in [0.1, 0.15) is 0 Å². The van der Waals surface area contributed by atoms with E-state index in [1.54, 1.807) is 6.07 Å². The molecule has 1 N–H and O–H groups in total. The molecular weight excluding hydrogens is 256 g/mol. The summed E-state index contributed by atoms with van der Waals surface area (Å²) >= 11 is 0. The predicted molar refractivity (Wildman–Crippen MR) is 88.6 cm³/mol. The maximum atomic E-state index is 10.0. The van der Waals surface area contributed by atoms with Crippen LogP contribution in [0.25, 0.3) is 32.7 Å². The van der Waals surface area contributed by atoms with E-state index >= 15 is 0 Å². The molecule has 0 saturated heterocycles. The van der Waals surface area contributed by atoms with Crippen LogP contribution in [-0.2, 0) is 0 Å². The molecule has 4 aromatic rings. The molecule has 100 valence electrons. The molecule has 1 heteroatoms. The molecular formula is C20H14O. The Labute approximate surface area is 123 Å². The highest BCUT2D eigenvalue weighted by molar-refractivity contribution is 6.01. The van der Waals surface area contributed by atoms with Gasteiger partial charge in [-0.05, 0) is 39.4 Å². The van der Waals surface area contributed by atoms with Crippen molar-refractivity contribution >= 4 is 21.5 Å². The predicted octanol–water partition coefficient (Wildman–Crippen LogP) is 5.37. The lowest BCUT2D eigenvalue weighted by atomic mass is 9.96. The molecule has 0 atom stereocenters. The summed E-state index contributed by atoms with van der Waals surface area (Å²) in [7, 11) is 0. The molecule has 4 rings (SSSR count). The first-order chi connectivity index (χ1) is 10.3. The van der Waals surface area contributed by atoms with Crippen molar-refractivity contribution < 1.29 is 5.11 Å². The monoisotopic (exact) mass is 270 g/mol. The quantitative estimate of drug-likeness (QED) is 0.493. The standard InChI is InChI=1S/C20H14O/c21-20-10-4-8-18-17(7-3-9-19(18)20)16-12-11-14-5-1-2-6-15(14)13-16/h1-13,21H. The van der Waals surface area contributed by atoms with Gasteiger partial charge >= 0.3 is 0 Å². The fourth-order valence-electron chi connectivity index (χ4n) is 2.90. The molecule has 0 amide bonds. The smallest absolute Gasteiger partial charge is 0.123 e. The van der Waals surface area contributed by atoms with Gasteiger partial charge in [-0.1, -0.05) is 66.7 Å². The lowest BCUT2D eigenvalue weighted by Gasteiger charge is -2.09. The van der Waals surface area contributed by atoms with Crippen LogP contribution in [0.2, 0.25) is 0 Å². The number of hydrogen-bond acceptors (Lipinski definition) is 1. The van der Waals surface area contributed by atoms with E-state index in [4.69, 9.17) is 0 Å². The third kappa shape index (κ3) is 1.95. The van der Waals surface area contributed by atoms with E-state index in [2.05, 4.69) is 54.6 Å². The molecule has 0 heterocycles. The summed E-state index contributed by atoms with van der Waals surface area (Å²) in [5, 5.41) is 14.5. The fourth-order valence-corrected chi connectivity index (χ4v) is 2.90. The van der Waals surface area contributed by atoms with Crippen LogP contribution in [0.3, 0.4) is 0 Å². The second-order valence-corrected chi connectivity index (χ2v) is 5.24. The van der Waals surface area contributed by atoms with E-state index in [-0.39, 0.29) is 0 Å². The molecule has 0 bridgehead atoms. The number of fused-ring (bicyclic) bond motifs is 2. The summed E-state index contributed by atoms with van der Waals surface area (Å²) in [4.78, 5) is 0. The van der Waals surface area contributed by atoms with E-state index in [0.717, 1.165) is 16.3 Å². The van der Waals surface area contributed by atoms with Crippen molar-refractivity contribution in [1.82, 2.24) is 0 Å². The number of phenols is 1. The number of hydrogen-bond donors (Lipinski definition) is 1. The van der Waals surface area contributed by atoms with Crippen molar-refractivity contribution in [1.29, 1.82) is 0 Å². The SMILES string of the molecule is Oc1cccc2c(-c3ccc4ccccc4c3)cccc12. The maximum absolute atomic E-state index is 10.0. The van der Waals surface area contributed by atoms with Gasteiger partial charge in [0.1, 0.15) is 5.75 Å². The first kappa shape index (κ1) is 12.0.